The molecule has 4 aliphatic heterocycles. The fraction of sp³-hybridized carbons (Fsp3) is 0.310. The Morgan fingerprint density at radius 2 is 0.753 bits per heavy atom. The molecular weight excluding hydrogens is 1080 g/mol. The summed E-state index contributed by atoms with van der Waals surface area (Å²) in [4.78, 5) is 64.2. The molecule has 14 nitrogen and oxygen atoms in total. The summed E-state index contributed by atoms with van der Waals surface area (Å²) in [6.45, 7) is 7.12. The molecule has 0 unspecified atom stereocenters. The fourth-order valence-electron chi connectivity index (χ4n) is 10.3. The van der Waals surface area contributed by atoms with Gasteiger partial charge in [0.1, 0.15) is 0 Å². The number of nitrogens with one attached hydrogen (secondary N) is 2. The van der Waals surface area contributed by atoms with E-state index in [0.717, 1.165) is 11.1 Å². The second-order valence-electron chi connectivity index (χ2n) is 19.6. The summed E-state index contributed by atoms with van der Waals surface area (Å²) in [5.41, 5.74) is 5.65. The Balaban J connectivity index is 0.000000188. The molecule has 4 atom stereocenters. The first-order valence-electron chi connectivity index (χ1n) is 25.5. The second-order valence-corrected chi connectivity index (χ2v) is 21.7. The van der Waals surface area contributed by atoms with Crippen molar-refractivity contribution in [3.05, 3.63) is 198 Å². The van der Waals surface area contributed by atoms with Gasteiger partial charge in [-0.05, 0) is 108 Å². The zero-order chi connectivity index (χ0) is 54.2. The number of hydrogen-bond acceptors (Lipinski definition) is 10. The fourth-order valence-corrected chi connectivity index (χ4v) is 11.0. The van der Waals surface area contributed by atoms with Gasteiger partial charge in [0.2, 0.25) is 0 Å². The highest BCUT2D eigenvalue weighted by molar-refractivity contribution is 6.32. The van der Waals surface area contributed by atoms with Crippen LogP contribution in [-0.2, 0) is 13.1 Å². The number of aliphatic hydroxyl groups excluding tert-OH is 2. The Hall–Kier alpha value is -5.91. The van der Waals surface area contributed by atoms with Crippen molar-refractivity contribution in [1.82, 2.24) is 29.4 Å². The largest absolute Gasteiger partial charge is 0.390 e. The molecule has 19 heteroatoms. The van der Waals surface area contributed by atoms with Crippen LogP contribution in [0.5, 0.6) is 0 Å². The van der Waals surface area contributed by atoms with Crippen LogP contribution in [0.15, 0.2) is 140 Å². The lowest BCUT2D eigenvalue weighted by Crippen LogP contribution is -2.54. The number of halogens is 5. The lowest BCUT2D eigenvalue weighted by atomic mass is 10.1. The molecule has 6 aromatic rings. The molecule has 4 N–H and O–H groups in total. The third-order valence-corrected chi connectivity index (χ3v) is 15.8. The average molecular weight is 1140 g/mol. The number of hydrogen-bond donors (Lipinski definition) is 4. The van der Waals surface area contributed by atoms with Gasteiger partial charge in [0.25, 0.3) is 23.6 Å². The smallest absolute Gasteiger partial charge is 0.256 e. The molecule has 10 rings (SSSR count). The van der Waals surface area contributed by atoms with Gasteiger partial charge >= 0.3 is 0 Å². The van der Waals surface area contributed by atoms with Gasteiger partial charge in [-0.3, -0.25) is 29.0 Å². The van der Waals surface area contributed by atoms with Crippen molar-refractivity contribution in [2.75, 3.05) is 89.2 Å². The molecule has 0 bridgehead atoms. The topological polar surface area (TPSA) is 152 Å². The van der Waals surface area contributed by atoms with E-state index >= 15 is 0 Å². The average Bonchev–Trinajstić information content (AvgIpc) is 4.04. The Bertz CT molecular complexity index is 3020. The van der Waals surface area contributed by atoms with Crippen molar-refractivity contribution in [3.8, 4) is 0 Å². The van der Waals surface area contributed by atoms with E-state index in [9.17, 15) is 29.4 Å². The highest BCUT2D eigenvalue weighted by Gasteiger charge is 2.41. The number of anilines is 2. The molecule has 6 aromatic carbocycles. The molecule has 4 fully saturated rings. The van der Waals surface area contributed by atoms with Crippen molar-refractivity contribution < 1.29 is 29.4 Å². The molecule has 0 aromatic heterocycles. The van der Waals surface area contributed by atoms with E-state index in [1.165, 1.54) is 0 Å². The third kappa shape index (κ3) is 14.0. The summed E-state index contributed by atoms with van der Waals surface area (Å²) in [7, 11) is 0. The first kappa shape index (κ1) is 55.8. The van der Waals surface area contributed by atoms with E-state index in [1.807, 2.05) is 64.4 Å². The van der Waals surface area contributed by atoms with Gasteiger partial charge in [-0.2, -0.15) is 0 Å². The molecule has 0 spiro atoms. The van der Waals surface area contributed by atoms with Crippen LogP contribution in [0.3, 0.4) is 0 Å². The highest BCUT2D eigenvalue weighted by atomic mass is 35.5. The molecule has 4 amide bonds. The molecule has 4 aliphatic rings. The predicted octanol–water partition coefficient (Wildman–Crippen LogP) is 9.15. The minimum absolute atomic E-state index is 0.0247. The summed E-state index contributed by atoms with van der Waals surface area (Å²) >= 11 is 30.4. The van der Waals surface area contributed by atoms with Crippen LogP contribution in [0, 0.1) is 0 Å². The van der Waals surface area contributed by atoms with Crippen LogP contribution in [-0.4, -0.2) is 166 Å². The number of piperazine rings is 2. The summed E-state index contributed by atoms with van der Waals surface area (Å²) in [5, 5.41) is 31.4. The van der Waals surface area contributed by atoms with Crippen LogP contribution in [0.2, 0.25) is 25.1 Å². The monoisotopic (exact) mass is 1140 g/mol. The molecule has 4 saturated heterocycles. The molecule has 4 heterocycles. The predicted molar refractivity (Wildman–Crippen MR) is 305 cm³/mol. The van der Waals surface area contributed by atoms with Crippen molar-refractivity contribution in [1.29, 1.82) is 0 Å². The first-order valence-corrected chi connectivity index (χ1v) is 27.4. The summed E-state index contributed by atoms with van der Waals surface area (Å²) in [5.74, 6) is -0.362. The first-order chi connectivity index (χ1) is 37.2. The van der Waals surface area contributed by atoms with Crippen molar-refractivity contribution in [2.24, 2.45) is 0 Å². The zero-order valence-corrected chi connectivity index (χ0v) is 45.9. The summed E-state index contributed by atoms with van der Waals surface area (Å²) in [6, 6.07) is 41.2. The van der Waals surface area contributed by atoms with Crippen LogP contribution in [0.25, 0.3) is 0 Å². The van der Waals surface area contributed by atoms with E-state index in [4.69, 9.17) is 58.0 Å². The number of nitrogens with zero attached hydrogens (tertiary/aromatic N) is 6. The van der Waals surface area contributed by atoms with E-state index < -0.39 is 12.2 Å². The zero-order valence-electron chi connectivity index (χ0n) is 42.1. The van der Waals surface area contributed by atoms with Gasteiger partial charge in [0, 0.05) is 139 Å². The van der Waals surface area contributed by atoms with E-state index in [-0.39, 0.29) is 48.8 Å². The van der Waals surface area contributed by atoms with Crippen LogP contribution < -0.4 is 10.6 Å². The number of carbonyl (C=O) groups excluding carboxylic acids is 4. The second kappa shape index (κ2) is 25.7. The third-order valence-electron chi connectivity index (χ3n) is 14.6. The number of β-amino-alcohol motifs (C(OH)–C–C–N with tert-alkyl or cyclic N) is 2. The van der Waals surface area contributed by atoms with Crippen molar-refractivity contribution in [3.63, 3.8) is 0 Å². The van der Waals surface area contributed by atoms with Gasteiger partial charge in [0.05, 0.1) is 35.4 Å². The van der Waals surface area contributed by atoms with Crippen molar-refractivity contribution in [2.45, 2.75) is 37.4 Å². The number of amides is 4. The van der Waals surface area contributed by atoms with E-state index in [2.05, 4.69) is 20.4 Å². The Morgan fingerprint density at radius 3 is 1.14 bits per heavy atom. The van der Waals surface area contributed by atoms with Gasteiger partial charge in [-0.25, -0.2) is 0 Å². The minimum Gasteiger partial charge on any atom is -0.390 e. The molecule has 0 radical (unpaired) electrons. The Morgan fingerprint density at radius 1 is 0.403 bits per heavy atom. The summed E-state index contributed by atoms with van der Waals surface area (Å²) < 4.78 is 0. The van der Waals surface area contributed by atoms with Gasteiger partial charge < -0.3 is 40.4 Å². The lowest BCUT2D eigenvalue weighted by molar-refractivity contribution is 0.0370. The molecule has 0 saturated carbocycles. The number of rotatable bonds is 12. The van der Waals surface area contributed by atoms with Crippen LogP contribution in [0.4, 0.5) is 11.4 Å². The molecular formula is C58H59Cl5N8O6. The standard InChI is InChI=1S/C29H29Cl3N4O3.C29H30Cl2N4O3/c30-21-5-1-19(2-6-21)16-33-25-15-23(32)9-10-24(25)29(39)36-17-26(27(37)18-36)34-11-13-35(14-12-34)28(38)20-3-7-22(31)8-4-20;30-22-8-6-21(7-9-22)28(37)34-14-12-33(13-15-34)26-18-35(19-27(26)36)29(38)24-11-10-23(31)16-25(24)32-17-20-4-2-1-3-5-20/h1-10,15,26-27,33,37H,11-14,16-18H2;1-11,16,26-27,32,36H,12-15,17-19H2/t2*26-,27-/m11/s1. The van der Waals surface area contributed by atoms with Crippen LogP contribution in [0.1, 0.15) is 52.6 Å². The summed E-state index contributed by atoms with van der Waals surface area (Å²) in [6.07, 6.45) is -1.34. The lowest BCUT2D eigenvalue weighted by Gasteiger charge is -2.38. The number of aliphatic hydroxyl groups is 2. The maximum Gasteiger partial charge on any atom is 0.256 e. The molecule has 77 heavy (non-hydrogen) atoms. The minimum atomic E-state index is -0.676. The van der Waals surface area contributed by atoms with Gasteiger partial charge in [-0.1, -0.05) is 100 Å². The number of benzene rings is 6. The Labute approximate surface area is 473 Å². The SMILES string of the molecule is O=C(c1ccc(Cl)cc1)N1CCN([C@@H]2CN(C(=O)c3ccc(Cl)cc3NCc3ccc(Cl)cc3)C[C@H]2O)CC1.O=C(c1ccc(Cl)cc1)N1CCN([C@@H]2CN(C(=O)c3ccc(Cl)cc3NCc3ccccc3)C[C@H]2O)CC1. The maximum atomic E-state index is 13.6. The van der Waals surface area contributed by atoms with E-state index in [1.54, 1.807) is 94.7 Å². The molecule has 402 valence electrons. The van der Waals surface area contributed by atoms with Gasteiger partial charge in [-0.15, -0.1) is 0 Å². The van der Waals surface area contributed by atoms with Crippen molar-refractivity contribution >= 4 is 93.0 Å². The Kier molecular flexibility index (Phi) is 18.6. The number of carbonyl (C=O) groups is 4. The quantitative estimate of drug-likeness (QED) is 0.0934. The normalized spacial score (nSPS) is 19.9. The van der Waals surface area contributed by atoms with Gasteiger partial charge in [0.15, 0.2) is 0 Å². The highest BCUT2D eigenvalue weighted by Crippen LogP contribution is 2.29. The molecule has 0 aliphatic carbocycles. The maximum absolute atomic E-state index is 13.6. The van der Waals surface area contributed by atoms with Crippen LogP contribution >= 0.6 is 58.0 Å². The number of likely N-dealkylation sites (tertiary alicyclic amines) is 2. The van der Waals surface area contributed by atoms with E-state index in [0.29, 0.717) is 137 Å².